The van der Waals surface area contributed by atoms with Gasteiger partial charge in [0.2, 0.25) is 11.0 Å². The van der Waals surface area contributed by atoms with Crippen LogP contribution in [0.3, 0.4) is 0 Å². The van der Waals surface area contributed by atoms with Gasteiger partial charge in [0.25, 0.3) is 0 Å². The molecule has 1 aliphatic carbocycles. The Hall–Kier alpha value is -1.50. The van der Waals surface area contributed by atoms with Crippen LogP contribution in [0.4, 0.5) is 5.13 Å². The Bertz CT molecular complexity index is 675. The van der Waals surface area contributed by atoms with Gasteiger partial charge in [-0.15, -0.1) is 10.2 Å². The minimum atomic E-state index is -0.0311. The topological polar surface area (TPSA) is 80.9 Å². The third-order valence-electron chi connectivity index (χ3n) is 3.84. The number of anilines is 1. The molecule has 22 heavy (non-hydrogen) atoms. The van der Waals surface area contributed by atoms with Crippen molar-refractivity contribution in [2.75, 3.05) is 5.32 Å². The van der Waals surface area contributed by atoms with Gasteiger partial charge in [0, 0.05) is 17.5 Å². The van der Waals surface area contributed by atoms with Crippen LogP contribution in [0.5, 0.6) is 0 Å². The zero-order valence-electron chi connectivity index (χ0n) is 12.0. The lowest BCUT2D eigenvalue weighted by Gasteiger charge is -2.25. The predicted molar refractivity (Wildman–Crippen MR) is 88.9 cm³/mol. The normalized spacial score (nSPS) is 21.5. The molecule has 116 valence electrons. The Balaban J connectivity index is 1.69. The van der Waals surface area contributed by atoms with Gasteiger partial charge in [0.15, 0.2) is 5.01 Å². The largest absolute Gasteiger partial charge is 0.328 e. The monoisotopic (exact) mass is 336 g/mol. The van der Waals surface area contributed by atoms with E-state index >= 15 is 0 Å². The molecule has 1 aromatic carbocycles. The van der Waals surface area contributed by atoms with Crippen LogP contribution in [0.25, 0.3) is 10.6 Å². The number of halogens is 1. The molecule has 2 atom stereocenters. The maximum absolute atomic E-state index is 12.3. The summed E-state index contributed by atoms with van der Waals surface area (Å²) < 4.78 is 0. The summed E-state index contributed by atoms with van der Waals surface area (Å²) in [5.41, 5.74) is 6.75. The van der Waals surface area contributed by atoms with Crippen LogP contribution in [-0.2, 0) is 4.79 Å². The van der Waals surface area contributed by atoms with Crippen LogP contribution in [0.15, 0.2) is 24.3 Å². The first kappa shape index (κ1) is 15.4. The highest BCUT2D eigenvalue weighted by atomic mass is 35.5. The van der Waals surface area contributed by atoms with Gasteiger partial charge in [0.05, 0.1) is 5.02 Å². The van der Waals surface area contributed by atoms with Gasteiger partial charge in [0.1, 0.15) is 0 Å². The number of nitrogens with two attached hydrogens (primary N) is 1. The van der Waals surface area contributed by atoms with Gasteiger partial charge in [-0.3, -0.25) is 4.79 Å². The van der Waals surface area contributed by atoms with E-state index in [1.165, 1.54) is 11.3 Å². The van der Waals surface area contributed by atoms with E-state index in [4.69, 9.17) is 17.3 Å². The van der Waals surface area contributed by atoms with Crippen LogP contribution in [0.2, 0.25) is 5.02 Å². The molecule has 1 heterocycles. The molecule has 1 amide bonds. The van der Waals surface area contributed by atoms with E-state index in [2.05, 4.69) is 15.5 Å². The van der Waals surface area contributed by atoms with E-state index in [1.807, 2.05) is 18.2 Å². The molecule has 0 bridgehead atoms. The van der Waals surface area contributed by atoms with Crippen molar-refractivity contribution in [3.63, 3.8) is 0 Å². The molecule has 0 saturated heterocycles. The maximum atomic E-state index is 12.3. The molecule has 1 fully saturated rings. The first-order valence-electron chi connectivity index (χ1n) is 7.28. The van der Waals surface area contributed by atoms with Crippen LogP contribution in [0.1, 0.15) is 25.7 Å². The molecule has 0 aliphatic heterocycles. The second-order valence-electron chi connectivity index (χ2n) is 5.51. The number of nitrogens with zero attached hydrogens (tertiary/aromatic N) is 2. The standard InChI is InChI=1S/C15H17ClN4OS/c16-12-7-2-1-6-11(12)14-19-20-15(22-14)18-13(21)9-4-3-5-10(17)8-9/h1-2,6-7,9-10H,3-5,8,17H2,(H,18,20,21). The number of benzene rings is 1. The highest BCUT2D eigenvalue weighted by Gasteiger charge is 2.26. The number of rotatable bonds is 3. The number of carbonyl (C=O) groups is 1. The fourth-order valence-corrected chi connectivity index (χ4v) is 3.76. The average molecular weight is 337 g/mol. The van der Waals surface area contributed by atoms with Crippen LogP contribution < -0.4 is 11.1 Å². The lowest BCUT2D eigenvalue weighted by molar-refractivity contribution is -0.120. The summed E-state index contributed by atoms with van der Waals surface area (Å²) in [5, 5.41) is 12.8. The zero-order chi connectivity index (χ0) is 15.5. The zero-order valence-corrected chi connectivity index (χ0v) is 13.5. The summed E-state index contributed by atoms with van der Waals surface area (Å²) in [6.45, 7) is 0. The van der Waals surface area contributed by atoms with Crippen molar-refractivity contribution in [2.24, 2.45) is 11.7 Å². The number of nitrogens with one attached hydrogen (secondary N) is 1. The molecule has 0 spiro atoms. The van der Waals surface area contributed by atoms with Crippen molar-refractivity contribution in [1.82, 2.24) is 10.2 Å². The maximum Gasteiger partial charge on any atom is 0.229 e. The molecule has 1 aromatic heterocycles. The van der Waals surface area contributed by atoms with Gasteiger partial charge in [-0.2, -0.15) is 0 Å². The Kier molecular flexibility index (Phi) is 4.71. The molecule has 5 nitrogen and oxygen atoms in total. The number of amides is 1. The van der Waals surface area contributed by atoms with Gasteiger partial charge >= 0.3 is 0 Å². The molecule has 1 aliphatic rings. The van der Waals surface area contributed by atoms with Crippen molar-refractivity contribution in [3.05, 3.63) is 29.3 Å². The Labute approximate surface area is 137 Å². The summed E-state index contributed by atoms with van der Waals surface area (Å²) in [6, 6.07) is 7.57. The lowest BCUT2D eigenvalue weighted by Crippen LogP contribution is -2.34. The van der Waals surface area contributed by atoms with E-state index in [9.17, 15) is 4.79 Å². The lowest BCUT2D eigenvalue weighted by atomic mass is 9.86. The Morgan fingerprint density at radius 2 is 2.14 bits per heavy atom. The summed E-state index contributed by atoms with van der Waals surface area (Å²) in [7, 11) is 0. The number of aromatic nitrogens is 2. The van der Waals surface area contributed by atoms with E-state index in [1.54, 1.807) is 6.07 Å². The number of carbonyl (C=O) groups excluding carboxylic acids is 1. The van der Waals surface area contributed by atoms with Gasteiger partial charge in [-0.05, 0) is 25.3 Å². The summed E-state index contributed by atoms with van der Waals surface area (Å²) >= 11 is 7.47. The smallest absolute Gasteiger partial charge is 0.229 e. The third-order valence-corrected chi connectivity index (χ3v) is 5.05. The molecular formula is C15H17ClN4OS. The quantitative estimate of drug-likeness (QED) is 0.901. The predicted octanol–water partition coefficient (Wildman–Crippen LogP) is 3.31. The highest BCUT2D eigenvalue weighted by Crippen LogP contribution is 2.32. The third kappa shape index (κ3) is 3.45. The molecule has 1 saturated carbocycles. The van der Waals surface area contributed by atoms with Crippen LogP contribution in [0, 0.1) is 5.92 Å². The fraction of sp³-hybridized carbons (Fsp3) is 0.400. The molecule has 2 unspecified atom stereocenters. The van der Waals surface area contributed by atoms with Crippen molar-refractivity contribution in [3.8, 4) is 10.6 Å². The van der Waals surface area contributed by atoms with E-state index in [0.717, 1.165) is 31.2 Å². The van der Waals surface area contributed by atoms with Crippen LogP contribution in [-0.4, -0.2) is 22.1 Å². The molecule has 3 rings (SSSR count). The van der Waals surface area contributed by atoms with Crippen molar-refractivity contribution < 1.29 is 4.79 Å². The van der Waals surface area contributed by atoms with E-state index < -0.39 is 0 Å². The van der Waals surface area contributed by atoms with Gasteiger partial charge in [-0.1, -0.05) is 47.6 Å². The minimum absolute atomic E-state index is 0.0167. The Morgan fingerprint density at radius 3 is 2.91 bits per heavy atom. The highest BCUT2D eigenvalue weighted by molar-refractivity contribution is 7.18. The average Bonchev–Trinajstić information content (AvgIpc) is 2.96. The SMILES string of the molecule is NC1CCCC(C(=O)Nc2nnc(-c3ccccc3Cl)s2)C1. The molecular weight excluding hydrogens is 320 g/mol. The van der Waals surface area contributed by atoms with Gasteiger partial charge < -0.3 is 11.1 Å². The Morgan fingerprint density at radius 1 is 1.32 bits per heavy atom. The first-order valence-corrected chi connectivity index (χ1v) is 8.48. The van der Waals surface area contributed by atoms with E-state index in [0.29, 0.717) is 15.2 Å². The summed E-state index contributed by atoms with van der Waals surface area (Å²) in [4.78, 5) is 12.3. The van der Waals surface area contributed by atoms with E-state index in [-0.39, 0.29) is 17.9 Å². The molecule has 7 heteroatoms. The van der Waals surface area contributed by atoms with Crippen molar-refractivity contribution in [2.45, 2.75) is 31.7 Å². The second kappa shape index (κ2) is 6.73. The first-order chi connectivity index (χ1) is 10.6. The summed E-state index contributed by atoms with van der Waals surface area (Å²) in [6.07, 6.45) is 3.62. The van der Waals surface area contributed by atoms with Crippen molar-refractivity contribution >= 4 is 34.0 Å². The number of hydrogen-bond acceptors (Lipinski definition) is 5. The molecule has 3 N–H and O–H groups in total. The minimum Gasteiger partial charge on any atom is -0.328 e. The molecule has 0 radical (unpaired) electrons. The molecule has 2 aromatic rings. The second-order valence-corrected chi connectivity index (χ2v) is 6.89. The van der Waals surface area contributed by atoms with Crippen molar-refractivity contribution in [1.29, 1.82) is 0 Å². The van der Waals surface area contributed by atoms with Crippen LogP contribution >= 0.6 is 22.9 Å². The fourth-order valence-electron chi connectivity index (χ4n) is 2.69. The summed E-state index contributed by atoms with van der Waals surface area (Å²) in [5.74, 6) is -0.0478. The van der Waals surface area contributed by atoms with Gasteiger partial charge in [-0.25, -0.2) is 0 Å². The number of hydrogen-bond donors (Lipinski definition) is 2.